The van der Waals surface area contributed by atoms with E-state index in [0.717, 1.165) is 5.56 Å². The summed E-state index contributed by atoms with van der Waals surface area (Å²) in [6.07, 6.45) is 1.09. The standard InChI is InChI=1S/C20H19NO6/c1-27-19-14-9(5-8-3-2-4-11(22)13(8)17(14)24)6-10-7-12(23)16(20(21)26)18(25)15(10)19/h2-4,9-10,15,22,25H,5-7H2,1H3,(H2,21,26). The number of primary amides is 1. The van der Waals surface area contributed by atoms with E-state index in [4.69, 9.17) is 10.5 Å². The number of aliphatic hydroxyl groups is 1. The Morgan fingerprint density at radius 3 is 2.63 bits per heavy atom. The summed E-state index contributed by atoms with van der Waals surface area (Å²) < 4.78 is 5.51. The van der Waals surface area contributed by atoms with Gasteiger partial charge in [0.1, 0.15) is 22.8 Å². The van der Waals surface area contributed by atoms with Gasteiger partial charge in [0.15, 0.2) is 11.6 Å². The molecular weight excluding hydrogens is 350 g/mol. The molecule has 0 aromatic heterocycles. The first-order valence-corrected chi connectivity index (χ1v) is 8.74. The summed E-state index contributed by atoms with van der Waals surface area (Å²) in [7, 11) is 1.39. The molecule has 3 unspecified atom stereocenters. The number of rotatable bonds is 2. The first kappa shape index (κ1) is 17.3. The lowest BCUT2D eigenvalue weighted by atomic mass is 9.63. The fourth-order valence-corrected chi connectivity index (χ4v) is 4.79. The maximum absolute atomic E-state index is 13.1. The van der Waals surface area contributed by atoms with E-state index in [0.29, 0.717) is 18.4 Å². The molecule has 0 saturated carbocycles. The van der Waals surface area contributed by atoms with Crippen LogP contribution in [0.15, 0.2) is 40.9 Å². The molecule has 3 atom stereocenters. The van der Waals surface area contributed by atoms with E-state index in [2.05, 4.69) is 0 Å². The van der Waals surface area contributed by atoms with Crippen LogP contribution in [0.1, 0.15) is 28.8 Å². The van der Waals surface area contributed by atoms with Gasteiger partial charge in [-0.3, -0.25) is 14.4 Å². The van der Waals surface area contributed by atoms with Gasteiger partial charge in [-0.2, -0.15) is 0 Å². The van der Waals surface area contributed by atoms with Gasteiger partial charge < -0.3 is 20.7 Å². The molecule has 7 heteroatoms. The number of fused-ring (bicyclic) bond motifs is 3. The molecule has 0 aliphatic heterocycles. The van der Waals surface area contributed by atoms with Crippen LogP contribution in [-0.2, 0) is 20.7 Å². The second-order valence-electron chi connectivity index (χ2n) is 7.25. The molecule has 3 aliphatic rings. The number of carbonyl (C=O) groups excluding carboxylic acids is 3. The van der Waals surface area contributed by atoms with Gasteiger partial charge in [0.2, 0.25) is 0 Å². The van der Waals surface area contributed by atoms with Crippen LogP contribution < -0.4 is 5.73 Å². The van der Waals surface area contributed by atoms with E-state index in [1.54, 1.807) is 12.1 Å². The van der Waals surface area contributed by atoms with Crippen LogP contribution in [0.5, 0.6) is 5.75 Å². The quantitative estimate of drug-likeness (QED) is 0.679. The van der Waals surface area contributed by atoms with Crippen LogP contribution in [0.25, 0.3) is 0 Å². The normalized spacial score (nSPS) is 27.1. The smallest absolute Gasteiger partial charge is 0.255 e. The molecule has 27 heavy (non-hydrogen) atoms. The highest BCUT2D eigenvalue weighted by Crippen LogP contribution is 2.50. The number of Topliss-reactive ketones (excluding diaryl/α,β-unsaturated/α-hetero) is 2. The highest BCUT2D eigenvalue weighted by Gasteiger charge is 2.49. The van der Waals surface area contributed by atoms with Gasteiger partial charge in [-0.05, 0) is 36.3 Å². The zero-order valence-corrected chi connectivity index (χ0v) is 14.7. The molecule has 0 heterocycles. The Labute approximate surface area is 155 Å². The van der Waals surface area contributed by atoms with E-state index < -0.39 is 28.9 Å². The zero-order chi connectivity index (χ0) is 19.5. The van der Waals surface area contributed by atoms with E-state index in [-0.39, 0.29) is 41.1 Å². The SMILES string of the molecule is COC1=C2C(=O)c3c(O)cccc3CC2CC2CC(=O)C(C(N)=O)=C(O)C12. The molecule has 4 rings (SSSR count). The number of benzene rings is 1. The molecule has 1 amide bonds. The van der Waals surface area contributed by atoms with Crippen molar-refractivity contribution in [2.45, 2.75) is 19.3 Å². The molecular formula is C20H19NO6. The Balaban J connectivity index is 1.92. The summed E-state index contributed by atoms with van der Waals surface area (Å²) in [6.45, 7) is 0. The lowest BCUT2D eigenvalue weighted by Gasteiger charge is -2.42. The maximum Gasteiger partial charge on any atom is 0.255 e. The molecule has 0 radical (unpaired) electrons. The van der Waals surface area contributed by atoms with Crippen molar-refractivity contribution in [1.29, 1.82) is 0 Å². The summed E-state index contributed by atoms with van der Waals surface area (Å²) in [6, 6.07) is 4.95. The molecule has 7 nitrogen and oxygen atoms in total. The molecule has 4 N–H and O–H groups in total. The largest absolute Gasteiger partial charge is 0.511 e. The van der Waals surface area contributed by atoms with Crippen LogP contribution in [0.4, 0.5) is 0 Å². The molecule has 0 bridgehead atoms. The third-order valence-electron chi connectivity index (χ3n) is 5.83. The lowest BCUT2D eigenvalue weighted by molar-refractivity contribution is -0.123. The van der Waals surface area contributed by atoms with E-state index in [9.17, 15) is 24.6 Å². The number of nitrogens with two attached hydrogens (primary N) is 1. The predicted molar refractivity (Wildman–Crippen MR) is 93.7 cm³/mol. The van der Waals surface area contributed by atoms with Crippen molar-refractivity contribution in [3.8, 4) is 5.75 Å². The highest BCUT2D eigenvalue weighted by molar-refractivity contribution is 6.20. The van der Waals surface area contributed by atoms with E-state index in [1.165, 1.54) is 13.2 Å². The number of carbonyl (C=O) groups is 3. The summed E-state index contributed by atoms with van der Waals surface area (Å²) in [5.41, 5.74) is 6.22. The van der Waals surface area contributed by atoms with Gasteiger partial charge in [-0.15, -0.1) is 0 Å². The fraction of sp³-hybridized carbons (Fsp3) is 0.350. The van der Waals surface area contributed by atoms with Crippen molar-refractivity contribution in [1.82, 2.24) is 0 Å². The first-order chi connectivity index (χ1) is 12.8. The Bertz CT molecular complexity index is 957. The third-order valence-corrected chi connectivity index (χ3v) is 5.83. The molecule has 0 spiro atoms. The van der Waals surface area contributed by atoms with Gasteiger partial charge in [0, 0.05) is 12.0 Å². The Hall–Kier alpha value is -3.09. The van der Waals surface area contributed by atoms with Crippen LogP contribution in [0, 0.1) is 17.8 Å². The summed E-state index contributed by atoms with van der Waals surface area (Å²) >= 11 is 0. The maximum atomic E-state index is 13.1. The number of ketones is 2. The minimum atomic E-state index is -0.989. The molecule has 0 fully saturated rings. The lowest BCUT2D eigenvalue weighted by Crippen LogP contribution is -2.42. The minimum absolute atomic E-state index is 0.0602. The summed E-state index contributed by atoms with van der Waals surface area (Å²) in [4.78, 5) is 37.1. The van der Waals surface area contributed by atoms with Crippen molar-refractivity contribution in [2.24, 2.45) is 23.5 Å². The zero-order valence-electron chi connectivity index (χ0n) is 14.7. The van der Waals surface area contributed by atoms with Crippen molar-refractivity contribution in [2.75, 3.05) is 7.11 Å². The Kier molecular flexibility index (Phi) is 3.83. The topological polar surface area (TPSA) is 127 Å². The van der Waals surface area contributed by atoms with Gasteiger partial charge in [0.05, 0.1) is 18.6 Å². The molecule has 3 aliphatic carbocycles. The van der Waals surface area contributed by atoms with Crippen molar-refractivity contribution < 1.29 is 29.3 Å². The number of allylic oxidation sites excluding steroid dienone is 1. The molecule has 0 saturated heterocycles. The number of phenols is 1. The summed E-state index contributed by atoms with van der Waals surface area (Å²) in [5.74, 6) is -3.33. The monoisotopic (exact) mass is 369 g/mol. The van der Waals surface area contributed by atoms with Gasteiger partial charge >= 0.3 is 0 Å². The number of phenolic OH excluding ortho intramolecular Hbond substituents is 1. The number of aliphatic hydroxyl groups excluding tert-OH is 1. The Morgan fingerprint density at radius 2 is 1.96 bits per heavy atom. The van der Waals surface area contributed by atoms with Crippen molar-refractivity contribution >= 4 is 17.5 Å². The summed E-state index contributed by atoms with van der Waals surface area (Å²) in [5, 5.41) is 20.8. The van der Waals surface area contributed by atoms with Crippen LogP contribution in [0.2, 0.25) is 0 Å². The second kappa shape index (κ2) is 5.97. The van der Waals surface area contributed by atoms with Gasteiger partial charge in [-0.25, -0.2) is 0 Å². The number of ether oxygens (including phenoxy) is 1. The minimum Gasteiger partial charge on any atom is -0.511 e. The van der Waals surface area contributed by atoms with Crippen LogP contribution >= 0.6 is 0 Å². The molecule has 1 aromatic rings. The third kappa shape index (κ3) is 2.38. The number of aromatic hydroxyl groups is 1. The molecule has 140 valence electrons. The van der Waals surface area contributed by atoms with Crippen molar-refractivity contribution in [3.05, 3.63) is 52.0 Å². The van der Waals surface area contributed by atoms with E-state index >= 15 is 0 Å². The second-order valence-corrected chi connectivity index (χ2v) is 7.25. The number of hydrogen-bond donors (Lipinski definition) is 3. The average molecular weight is 369 g/mol. The van der Waals surface area contributed by atoms with Crippen LogP contribution in [-0.4, -0.2) is 34.8 Å². The fourth-order valence-electron chi connectivity index (χ4n) is 4.79. The van der Waals surface area contributed by atoms with Crippen LogP contribution in [0.3, 0.4) is 0 Å². The number of amides is 1. The van der Waals surface area contributed by atoms with Gasteiger partial charge in [-0.1, -0.05) is 12.1 Å². The van der Waals surface area contributed by atoms with Crippen molar-refractivity contribution in [3.63, 3.8) is 0 Å². The highest BCUT2D eigenvalue weighted by atomic mass is 16.5. The Morgan fingerprint density at radius 1 is 1.22 bits per heavy atom. The first-order valence-electron chi connectivity index (χ1n) is 8.74. The number of hydrogen-bond acceptors (Lipinski definition) is 6. The molecule has 1 aromatic carbocycles. The average Bonchev–Trinajstić information content (AvgIpc) is 2.59. The number of methoxy groups -OCH3 is 1. The van der Waals surface area contributed by atoms with E-state index in [1.807, 2.05) is 0 Å². The van der Waals surface area contributed by atoms with Gasteiger partial charge in [0.25, 0.3) is 5.91 Å². The predicted octanol–water partition coefficient (Wildman–Crippen LogP) is 1.55.